The lowest BCUT2D eigenvalue weighted by molar-refractivity contribution is 0.434. The Balaban J connectivity index is 1.20. The third kappa shape index (κ3) is 4.07. The smallest absolute Gasteiger partial charge is 0.132 e. The van der Waals surface area contributed by atoms with Gasteiger partial charge in [0.05, 0.1) is 16.4 Å². The van der Waals surface area contributed by atoms with Gasteiger partial charge < -0.3 is 9.30 Å². The molecule has 0 saturated carbocycles. The predicted molar refractivity (Wildman–Crippen MR) is 202 cm³/mol. The third-order valence-corrected chi connectivity index (χ3v) is 10.3. The Labute approximate surface area is 285 Å². The van der Waals surface area contributed by atoms with E-state index in [1.807, 2.05) is 0 Å². The molecule has 1 aliphatic rings. The number of ether oxygens (including phenoxy) is 1. The first-order valence-electron chi connectivity index (χ1n) is 16.9. The Bertz CT molecular complexity index is 2630. The summed E-state index contributed by atoms with van der Waals surface area (Å²) in [4.78, 5) is 0. The molecular formula is C47H31NO. The zero-order chi connectivity index (χ0) is 32.4. The maximum absolute atomic E-state index is 6.66. The molecule has 0 aliphatic carbocycles. The van der Waals surface area contributed by atoms with E-state index in [2.05, 4.69) is 193 Å². The quantitative estimate of drug-likeness (QED) is 0.190. The minimum Gasteiger partial charge on any atom is -0.457 e. The molecule has 9 aromatic rings. The molecule has 0 fully saturated rings. The highest BCUT2D eigenvalue weighted by atomic mass is 16.5. The monoisotopic (exact) mass is 625 g/mol. The van der Waals surface area contributed by atoms with Crippen molar-refractivity contribution in [3.05, 3.63) is 210 Å². The second-order valence-electron chi connectivity index (χ2n) is 12.9. The number of aromatic nitrogens is 1. The Morgan fingerprint density at radius 3 is 1.80 bits per heavy atom. The van der Waals surface area contributed by atoms with Crippen LogP contribution in [0.3, 0.4) is 0 Å². The fraction of sp³-hybridized carbons (Fsp3) is 0.0213. The van der Waals surface area contributed by atoms with E-state index in [0.29, 0.717) is 0 Å². The minimum absolute atomic E-state index is 0.551. The summed E-state index contributed by atoms with van der Waals surface area (Å²) >= 11 is 0. The molecule has 10 rings (SSSR count). The van der Waals surface area contributed by atoms with E-state index in [9.17, 15) is 0 Å². The van der Waals surface area contributed by atoms with Crippen molar-refractivity contribution in [2.75, 3.05) is 0 Å². The van der Waals surface area contributed by atoms with Gasteiger partial charge in [0, 0.05) is 27.6 Å². The maximum Gasteiger partial charge on any atom is 0.132 e. The molecule has 230 valence electrons. The summed E-state index contributed by atoms with van der Waals surface area (Å²) in [7, 11) is 0. The zero-order valence-corrected chi connectivity index (χ0v) is 26.8. The molecule has 8 aromatic carbocycles. The fourth-order valence-corrected chi connectivity index (χ4v) is 8.22. The van der Waals surface area contributed by atoms with Gasteiger partial charge in [-0.3, -0.25) is 0 Å². The van der Waals surface area contributed by atoms with Crippen LogP contribution in [0.4, 0.5) is 0 Å². The van der Waals surface area contributed by atoms with Crippen LogP contribution in [0.15, 0.2) is 188 Å². The lowest BCUT2D eigenvalue weighted by Crippen LogP contribution is -2.34. The molecule has 0 radical (unpaired) electrons. The summed E-state index contributed by atoms with van der Waals surface area (Å²) in [5, 5.41) is 5.02. The van der Waals surface area contributed by atoms with Crippen LogP contribution in [0.2, 0.25) is 0 Å². The van der Waals surface area contributed by atoms with Crippen molar-refractivity contribution in [1.29, 1.82) is 0 Å². The van der Waals surface area contributed by atoms with Crippen LogP contribution in [0.1, 0.15) is 22.3 Å². The first-order valence-corrected chi connectivity index (χ1v) is 16.9. The third-order valence-electron chi connectivity index (χ3n) is 10.3. The number of nitrogens with zero attached hydrogens (tertiary/aromatic N) is 1. The molecule has 0 spiro atoms. The van der Waals surface area contributed by atoms with Gasteiger partial charge in [-0.2, -0.15) is 0 Å². The normalized spacial score (nSPS) is 13.2. The van der Waals surface area contributed by atoms with Crippen molar-refractivity contribution >= 4 is 32.6 Å². The largest absolute Gasteiger partial charge is 0.457 e. The van der Waals surface area contributed by atoms with E-state index in [4.69, 9.17) is 4.74 Å². The first kappa shape index (κ1) is 27.7. The molecule has 2 heteroatoms. The molecule has 1 aromatic heterocycles. The molecule has 2 nitrogen and oxygen atoms in total. The van der Waals surface area contributed by atoms with Crippen molar-refractivity contribution in [1.82, 2.24) is 4.57 Å². The van der Waals surface area contributed by atoms with Gasteiger partial charge in [-0.05, 0) is 81.6 Å². The number of hydrogen-bond acceptors (Lipinski definition) is 1. The van der Waals surface area contributed by atoms with Gasteiger partial charge in [-0.25, -0.2) is 0 Å². The summed E-state index contributed by atoms with van der Waals surface area (Å²) in [5.74, 6) is 1.77. The molecule has 0 atom stereocenters. The Morgan fingerprint density at radius 1 is 0.408 bits per heavy atom. The molecule has 0 amide bonds. The Morgan fingerprint density at radius 2 is 1.02 bits per heavy atom. The van der Waals surface area contributed by atoms with Gasteiger partial charge in [0.1, 0.15) is 11.5 Å². The summed E-state index contributed by atoms with van der Waals surface area (Å²) in [6, 6.07) is 67.8. The summed E-state index contributed by atoms with van der Waals surface area (Å²) in [6.45, 7) is 0. The van der Waals surface area contributed by atoms with Gasteiger partial charge in [0.15, 0.2) is 0 Å². The molecule has 49 heavy (non-hydrogen) atoms. The number of para-hydroxylation sites is 3. The minimum atomic E-state index is -0.551. The van der Waals surface area contributed by atoms with Gasteiger partial charge in [-0.15, -0.1) is 0 Å². The van der Waals surface area contributed by atoms with E-state index in [1.54, 1.807) is 0 Å². The lowest BCUT2D eigenvalue weighted by atomic mass is 9.63. The molecule has 0 saturated heterocycles. The van der Waals surface area contributed by atoms with E-state index in [0.717, 1.165) is 28.2 Å². The molecule has 0 bridgehead atoms. The second-order valence-corrected chi connectivity index (χ2v) is 12.9. The van der Waals surface area contributed by atoms with Crippen molar-refractivity contribution in [3.63, 3.8) is 0 Å². The molecule has 0 unspecified atom stereocenters. The lowest BCUT2D eigenvalue weighted by Gasteiger charge is -2.41. The van der Waals surface area contributed by atoms with Gasteiger partial charge in [0.25, 0.3) is 0 Å². The van der Waals surface area contributed by atoms with Crippen molar-refractivity contribution < 1.29 is 4.74 Å². The summed E-state index contributed by atoms with van der Waals surface area (Å²) in [6.07, 6.45) is 0. The van der Waals surface area contributed by atoms with Crippen molar-refractivity contribution in [2.45, 2.75) is 5.41 Å². The molecule has 2 heterocycles. The highest BCUT2D eigenvalue weighted by molar-refractivity contribution is 6.21. The molecule has 1 aliphatic heterocycles. The average Bonchev–Trinajstić information content (AvgIpc) is 3.52. The standard InChI is InChI=1S/C47H31NO/c1-4-14-35(15-5-1)47(36-16-6-2-7-17-36)40-21-11-13-23-44(40)49-45-29-26-33(31-41(45)47)32-24-27-38-34(30-32)25-28-43-46(38)39-20-10-12-22-42(39)48(43)37-18-8-3-9-19-37/h1-31H. The topological polar surface area (TPSA) is 14.2 Å². The molecular weight excluding hydrogens is 595 g/mol. The highest BCUT2D eigenvalue weighted by Crippen LogP contribution is 2.56. The van der Waals surface area contributed by atoms with Crippen molar-refractivity contribution in [3.8, 4) is 28.3 Å². The summed E-state index contributed by atoms with van der Waals surface area (Å²) in [5.41, 5.74) is 10.1. The highest BCUT2D eigenvalue weighted by Gasteiger charge is 2.45. The maximum atomic E-state index is 6.66. The van der Waals surface area contributed by atoms with Gasteiger partial charge in [-0.1, -0.05) is 140 Å². The van der Waals surface area contributed by atoms with E-state index < -0.39 is 5.41 Å². The van der Waals surface area contributed by atoms with Crippen LogP contribution in [0, 0.1) is 0 Å². The number of fused-ring (bicyclic) bond motifs is 7. The SMILES string of the molecule is c1ccc(-n2c3ccccc3c3c4ccc(-c5ccc6c(c5)C(c5ccccc5)(c5ccccc5)c5ccccc5O6)cc4ccc32)cc1. The van der Waals surface area contributed by atoms with Crippen LogP contribution in [0.5, 0.6) is 11.5 Å². The van der Waals surface area contributed by atoms with Crippen molar-refractivity contribution in [2.24, 2.45) is 0 Å². The van der Waals surface area contributed by atoms with E-state index in [-0.39, 0.29) is 0 Å². The van der Waals surface area contributed by atoms with Crippen LogP contribution < -0.4 is 4.74 Å². The Hall–Kier alpha value is -6.38. The Kier molecular flexibility index (Phi) is 6.13. The van der Waals surface area contributed by atoms with Crippen LogP contribution >= 0.6 is 0 Å². The second kappa shape index (κ2) is 10.8. The van der Waals surface area contributed by atoms with Crippen LogP contribution in [0.25, 0.3) is 49.4 Å². The van der Waals surface area contributed by atoms with Gasteiger partial charge in [0.2, 0.25) is 0 Å². The predicted octanol–water partition coefficient (Wildman–Crippen LogP) is 12.1. The van der Waals surface area contributed by atoms with Gasteiger partial charge >= 0.3 is 0 Å². The summed E-state index contributed by atoms with van der Waals surface area (Å²) < 4.78 is 9.04. The fourth-order valence-electron chi connectivity index (χ4n) is 8.22. The number of rotatable bonds is 4. The zero-order valence-electron chi connectivity index (χ0n) is 26.8. The van der Waals surface area contributed by atoms with Crippen LogP contribution in [-0.4, -0.2) is 4.57 Å². The molecule has 0 N–H and O–H groups in total. The first-order chi connectivity index (χ1) is 24.3. The van der Waals surface area contributed by atoms with Crippen LogP contribution in [-0.2, 0) is 5.41 Å². The average molecular weight is 626 g/mol. The number of hydrogen-bond donors (Lipinski definition) is 0. The van der Waals surface area contributed by atoms with E-state index in [1.165, 1.54) is 55.0 Å². The number of benzene rings is 8. The van der Waals surface area contributed by atoms with E-state index >= 15 is 0 Å².